The number of halogens is 4. The fraction of sp³-hybridized carbons (Fsp3) is 0.333. The molecular weight excluding hydrogens is 502 g/mol. The quantitative estimate of drug-likeness (QED) is 0.447. The number of rotatable bonds is 6. The van der Waals surface area contributed by atoms with Crippen molar-refractivity contribution in [3.8, 4) is 16.9 Å². The molecule has 0 unspecified atom stereocenters. The van der Waals surface area contributed by atoms with E-state index in [0.29, 0.717) is 11.1 Å². The molecule has 12 heteroatoms. The summed E-state index contributed by atoms with van der Waals surface area (Å²) in [6.45, 7) is 0.0721. The molecule has 1 amide bonds. The Labute approximate surface area is 205 Å². The van der Waals surface area contributed by atoms with Gasteiger partial charge in [0.2, 0.25) is 0 Å². The maximum absolute atomic E-state index is 14.7. The van der Waals surface area contributed by atoms with Crippen LogP contribution in [0.4, 0.5) is 17.6 Å². The molecule has 0 N–H and O–H groups in total. The monoisotopic (exact) mass is 525 g/mol. The van der Waals surface area contributed by atoms with Crippen LogP contribution < -0.4 is 4.74 Å². The van der Waals surface area contributed by atoms with Crippen molar-refractivity contribution in [2.75, 3.05) is 11.5 Å². The van der Waals surface area contributed by atoms with Crippen molar-refractivity contribution in [1.29, 1.82) is 0 Å². The molecule has 1 aliphatic rings. The average Bonchev–Trinajstić information content (AvgIpc) is 3.24. The second kappa shape index (κ2) is 9.92. The van der Waals surface area contributed by atoms with Crippen molar-refractivity contribution in [1.82, 2.24) is 14.5 Å². The highest BCUT2D eigenvalue weighted by Gasteiger charge is 2.33. The molecule has 0 spiro atoms. The zero-order chi connectivity index (χ0) is 26.1. The first kappa shape index (κ1) is 25.7. The van der Waals surface area contributed by atoms with Gasteiger partial charge in [0.1, 0.15) is 27.1 Å². The number of sulfone groups is 1. The van der Waals surface area contributed by atoms with Gasteiger partial charge in [-0.3, -0.25) is 4.79 Å². The van der Waals surface area contributed by atoms with Crippen LogP contribution >= 0.6 is 0 Å². The molecule has 0 bridgehead atoms. The highest BCUT2D eigenvalue weighted by atomic mass is 32.2. The van der Waals surface area contributed by atoms with Crippen LogP contribution in [-0.2, 0) is 23.4 Å². The van der Waals surface area contributed by atoms with E-state index in [-0.39, 0.29) is 54.1 Å². The van der Waals surface area contributed by atoms with Crippen LogP contribution in [0.15, 0.2) is 55.0 Å². The summed E-state index contributed by atoms with van der Waals surface area (Å²) in [5.74, 6) is -1.47. The van der Waals surface area contributed by atoms with Crippen LogP contribution in [0, 0.1) is 5.82 Å². The second-order valence-electron chi connectivity index (χ2n) is 8.63. The number of hydrogen-bond donors (Lipinski definition) is 0. The Morgan fingerprint density at radius 1 is 1.14 bits per heavy atom. The van der Waals surface area contributed by atoms with Gasteiger partial charge in [0, 0.05) is 31.4 Å². The number of ether oxygens (including phenoxy) is 1. The molecule has 3 aromatic rings. The highest BCUT2D eigenvalue weighted by molar-refractivity contribution is 7.91. The summed E-state index contributed by atoms with van der Waals surface area (Å²) in [6, 6.07) is 8.71. The standard InChI is InChI=1S/C24H23F4N3O4S/c1-30-14-22(29-15-30)23(32)31(18-8-10-36(33,34)11-9-18)13-16-2-7-21(25)20(12-16)17-3-5-19(6-4-17)35-24(26,27)28/h2-7,12,14-15,18H,8-11,13H2,1H3. The predicted octanol–water partition coefficient (Wildman–Crippen LogP) is 4.34. The predicted molar refractivity (Wildman–Crippen MR) is 123 cm³/mol. The Hall–Kier alpha value is -3.41. The number of hydrogen-bond acceptors (Lipinski definition) is 5. The third-order valence-corrected chi connectivity index (χ3v) is 7.65. The molecule has 2 heterocycles. The fourth-order valence-electron chi connectivity index (χ4n) is 4.15. The first-order chi connectivity index (χ1) is 16.9. The average molecular weight is 526 g/mol. The van der Waals surface area contributed by atoms with Gasteiger partial charge in [0.25, 0.3) is 5.91 Å². The van der Waals surface area contributed by atoms with E-state index in [1.165, 1.54) is 36.7 Å². The van der Waals surface area contributed by atoms with Crippen LogP contribution in [0.25, 0.3) is 11.1 Å². The lowest BCUT2D eigenvalue weighted by atomic mass is 10.0. The van der Waals surface area contributed by atoms with Crippen molar-refractivity contribution < 1.29 is 35.5 Å². The first-order valence-corrected chi connectivity index (χ1v) is 12.9. The van der Waals surface area contributed by atoms with E-state index in [1.807, 2.05) is 0 Å². The summed E-state index contributed by atoms with van der Waals surface area (Å²) in [5, 5.41) is 0. The summed E-state index contributed by atoms with van der Waals surface area (Å²) in [4.78, 5) is 19.0. The summed E-state index contributed by atoms with van der Waals surface area (Å²) >= 11 is 0. The van der Waals surface area contributed by atoms with Gasteiger partial charge >= 0.3 is 6.36 Å². The third kappa shape index (κ3) is 6.23. The van der Waals surface area contributed by atoms with Crippen molar-refractivity contribution in [2.45, 2.75) is 31.8 Å². The minimum absolute atomic E-state index is 0.0370. The first-order valence-electron chi connectivity index (χ1n) is 11.0. The molecule has 0 aliphatic carbocycles. The lowest BCUT2D eigenvalue weighted by Crippen LogP contribution is -2.44. The normalized spacial score (nSPS) is 16.0. The van der Waals surface area contributed by atoms with Crippen LogP contribution in [0.3, 0.4) is 0 Å². The van der Waals surface area contributed by atoms with Crippen LogP contribution in [-0.4, -0.2) is 52.7 Å². The molecular formula is C24H23F4N3O4S. The molecule has 1 fully saturated rings. The number of aromatic nitrogens is 2. The van der Waals surface area contributed by atoms with E-state index in [2.05, 4.69) is 9.72 Å². The van der Waals surface area contributed by atoms with Crippen molar-refractivity contribution in [3.05, 3.63) is 72.1 Å². The number of aryl methyl sites for hydroxylation is 1. The number of carbonyl (C=O) groups is 1. The van der Waals surface area contributed by atoms with E-state index in [0.717, 1.165) is 12.1 Å². The Morgan fingerprint density at radius 3 is 2.39 bits per heavy atom. The smallest absolute Gasteiger partial charge is 0.406 e. The summed E-state index contributed by atoms with van der Waals surface area (Å²) in [6.07, 6.45) is -1.24. The molecule has 0 saturated carbocycles. The van der Waals surface area contributed by atoms with E-state index in [1.54, 1.807) is 22.7 Å². The van der Waals surface area contributed by atoms with Gasteiger partial charge in [-0.25, -0.2) is 17.8 Å². The van der Waals surface area contributed by atoms with Crippen molar-refractivity contribution >= 4 is 15.7 Å². The number of alkyl halides is 3. The van der Waals surface area contributed by atoms with Gasteiger partial charge in [0.15, 0.2) is 0 Å². The fourth-order valence-corrected chi connectivity index (χ4v) is 5.62. The number of benzene rings is 2. The van der Waals surface area contributed by atoms with Gasteiger partial charge in [0.05, 0.1) is 17.8 Å². The van der Waals surface area contributed by atoms with Crippen LogP contribution in [0.5, 0.6) is 5.75 Å². The van der Waals surface area contributed by atoms with E-state index < -0.39 is 27.8 Å². The highest BCUT2D eigenvalue weighted by Crippen LogP contribution is 2.30. The molecule has 192 valence electrons. The van der Waals surface area contributed by atoms with E-state index in [4.69, 9.17) is 0 Å². The van der Waals surface area contributed by atoms with Gasteiger partial charge in [-0.2, -0.15) is 0 Å². The lowest BCUT2D eigenvalue weighted by molar-refractivity contribution is -0.274. The zero-order valence-electron chi connectivity index (χ0n) is 19.2. The minimum atomic E-state index is -4.84. The van der Waals surface area contributed by atoms with E-state index >= 15 is 0 Å². The Balaban J connectivity index is 1.61. The Kier molecular flexibility index (Phi) is 7.07. The van der Waals surface area contributed by atoms with E-state index in [9.17, 15) is 30.8 Å². The lowest BCUT2D eigenvalue weighted by Gasteiger charge is -2.34. The molecule has 7 nitrogen and oxygen atoms in total. The molecule has 0 atom stereocenters. The molecule has 36 heavy (non-hydrogen) atoms. The van der Waals surface area contributed by atoms with Crippen LogP contribution in [0.1, 0.15) is 28.9 Å². The minimum Gasteiger partial charge on any atom is -0.406 e. The molecule has 2 aromatic carbocycles. The third-order valence-electron chi connectivity index (χ3n) is 5.93. The topological polar surface area (TPSA) is 81.5 Å². The van der Waals surface area contributed by atoms with Gasteiger partial charge in [-0.1, -0.05) is 18.2 Å². The van der Waals surface area contributed by atoms with Crippen LogP contribution in [0.2, 0.25) is 0 Å². The Morgan fingerprint density at radius 2 is 1.81 bits per heavy atom. The number of carbonyl (C=O) groups excluding carboxylic acids is 1. The van der Waals surface area contributed by atoms with Gasteiger partial charge in [-0.05, 0) is 48.2 Å². The van der Waals surface area contributed by atoms with Gasteiger partial charge < -0.3 is 14.2 Å². The van der Waals surface area contributed by atoms with Crippen molar-refractivity contribution in [3.63, 3.8) is 0 Å². The SMILES string of the molecule is Cn1cnc(C(=O)N(Cc2ccc(F)c(-c3ccc(OC(F)(F)F)cc3)c2)C2CCS(=O)(=O)CC2)c1. The van der Waals surface area contributed by atoms with Gasteiger partial charge in [-0.15, -0.1) is 13.2 Å². The number of imidazole rings is 1. The second-order valence-corrected chi connectivity index (χ2v) is 10.9. The maximum atomic E-state index is 14.7. The van der Waals surface area contributed by atoms with Crippen molar-refractivity contribution in [2.24, 2.45) is 7.05 Å². The number of nitrogens with zero attached hydrogens (tertiary/aromatic N) is 3. The summed E-state index contributed by atoms with van der Waals surface area (Å²) < 4.78 is 81.3. The molecule has 1 aromatic heterocycles. The molecule has 1 saturated heterocycles. The molecule has 0 radical (unpaired) electrons. The molecule has 1 aliphatic heterocycles. The largest absolute Gasteiger partial charge is 0.573 e. The maximum Gasteiger partial charge on any atom is 0.573 e. The number of amides is 1. The molecule has 4 rings (SSSR count). The summed E-state index contributed by atoms with van der Waals surface area (Å²) in [7, 11) is -1.44. The zero-order valence-corrected chi connectivity index (χ0v) is 20.0. The summed E-state index contributed by atoms with van der Waals surface area (Å²) in [5.41, 5.74) is 1.24. The Bertz CT molecular complexity index is 1340.